The molecule has 0 amide bonds. The van der Waals surface area contributed by atoms with Crippen molar-refractivity contribution < 1.29 is 0 Å². The molecule has 1 unspecified atom stereocenters. The van der Waals surface area contributed by atoms with Crippen LogP contribution in [0.3, 0.4) is 0 Å². The summed E-state index contributed by atoms with van der Waals surface area (Å²) in [7, 11) is 0. The molecule has 1 rings (SSSR count). The molecule has 4 nitrogen and oxygen atoms in total. The summed E-state index contributed by atoms with van der Waals surface area (Å²) in [5, 5.41) is 3.40. The van der Waals surface area contributed by atoms with Crippen LogP contribution in [0, 0.1) is 18.3 Å². The van der Waals surface area contributed by atoms with Gasteiger partial charge in [-0.1, -0.05) is 34.6 Å². The summed E-state index contributed by atoms with van der Waals surface area (Å²) >= 11 is 0. The summed E-state index contributed by atoms with van der Waals surface area (Å²) in [5.41, 5.74) is 7.12. The Morgan fingerprint density at radius 2 is 1.89 bits per heavy atom. The maximum absolute atomic E-state index is 5.90. The molecule has 0 aliphatic carbocycles. The van der Waals surface area contributed by atoms with E-state index < -0.39 is 0 Å². The number of hydrogen-bond acceptors (Lipinski definition) is 4. The van der Waals surface area contributed by atoms with Gasteiger partial charge in [0, 0.05) is 18.5 Å². The quantitative estimate of drug-likeness (QED) is 0.862. The largest absolute Gasteiger partial charge is 0.383 e. The van der Waals surface area contributed by atoms with Crippen LogP contribution in [0.1, 0.15) is 46.0 Å². The minimum Gasteiger partial charge on any atom is -0.383 e. The molecule has 0 saturated heterocycles. The lowest BCUT2D eigenvalue weighted by Crippen LogP contribution is -2.25. The molecule has 0 bridgehead atoms. The number of nitrogen functional groups attached to an aromatic ring is 1. The Morgan fingerprint density at radius 1 is 1.28 bits per heavy atom. The SMILES string of the molecule is CCc1nc(N)c(C)c(NCC(C)C(C)(C)C)n1. The maximum atomic E-state index is 5.90. The second kappa shape index (κ2) is 5.55. The number of aryl methyl sites for hydroxylation is 1. The summed E-state index contributed by atoms with van der Waals surface area (Å²) in [6.45, 7) is 13.9. The van der Waals surface area contributed by atoms with Gasteiger partial charge in [-0.05, 0) is 18.3 Å². The molecule has 0 aliphatic rings. The summed E-state index contributed by atoms with van der Waals surface area (Å²) in [4.78, 5) is 8.76. The Morgan fingerprint density at radius 3 is 2.39 bits per heavy atom. The van der Waals surface area contributed by atoms with E-state index in [-0.39, 0.29) is 5.41 Å². The van der Waals surface area contributed by atoms with Crippen LogP contribution in [0.15, 0.2) is 0 Å². The summed E-state index contributed by atoms with van der Waals surface area (Å²) in [6.07, 6.45) is 0.800. The van der Waals surface area contributed by atoms with Crippen molar-refractivity contribution in [3.05, 3.63) is 11.4 Å². The second-order valence-electron chi connectivity index (χ2n) is 6.00. The molecule has 1 aromatic heterocycles. The maximum Gasteiger partial charge on any atom is 0.134 e. The molecule has 4 heteroatoms. The number of aromatic nitrogens is 2. The van der Waals surface area contributed by atoms with Crippen LogP contribution in [-0.2, 0) is 6.42 Å². The number of hydrogen-bond donors (Lipinski definition) is 2. The standard InChI is InChI=1S/C14H26N4/c1-7-11-17-12(15)10(3)13(18-11)16-8-9(2)14(4,5)6/h9H,7-8H2,1-6H3,(H3,15,16,17,18). The molecule has 1 aromatic rings. The van der Waals surface area contributed by atoms with Gasteiger partial charge in [-0.3, -0.25) is 0 Å². The minimum absolute atomic E-state index is 0.285. The lowest BCUT2D eigenvalue weighted by Gasteiger charge is -2.27. The topological polar surface area (TPSA) is 63.8 Å². The Labute approximate surface area is 110 Å². The molecular weight excluding hydrogens is 224 g/mol. The van der Waals surface area contributed by atoms with Gasteiger partial charge in [-0.25, -0.2) is 9.97 Å². The zero-order valence-electron chi connectivity index (χ0n) is 12.5. The summed E-state index contributed by atoms with van der Waals surface area (Å²) in [5.74, 6) is 2.80. The molecule has 18 heavy (non-hydrogen) atoms. The minimum atomic E-state index is 0.285. The van der Waals surface area contributed by atoms with E-state index in [4.69, 9.17) is 5.73 Å². The van der Waals surface area contributed by atoms with Crippen LogP contribution in [-0.4, -0.2) is 16.5 Å². The van der Waals surface area contributed by atoms with Crippen LogP contribution in [0.5, 0.6) is 0 Å². The monoisotopic (exact) mass is 250 g/mol. The second-order valence-corrected chi connectivity index (χ2v) is 6.00. The van der Waals surface area contributed by atoms with Gasteiger partial charge >= 0.3 is 0 Å². The van der Waals surface area contributed by atoms with Gasteiger partial charge in [-0.2, -0.15) is 0 Å². The average Bonchev–Trinajstić information content (AvgIpc) is 2.29. The highest BCUT2D eigenvalue weighted by molar-refractivity contribution is 5.54. The van der Waals surface area contributed by atoms with Gasteiger partial charge < -0.3 is 11.1 Å². The first-order valence-corrected chi connectivity index (χ1v) is 6.62. The first-order chi connectivity index (χ1) is 8.25. The molecule has 1 atom stereocenters. The van der Waals surface area contributed by atoms with Crippen molar-refractivity contribution in [2.75, 3.05) is 17.6 Å². The fourth-order valence-electron chi connectivity index (χ4n) is 1.47. The first kappa shape index (κ1) is 14.7. The lowest BCUT2D eigenvalue weighted by molar-refractivity contribution is 0.274. The molecule has 0 fully saturated rings. The molecular formula is C14H26N4. The van der Waals surface area contributed by atoms with Crippen LogP contribution in [0.2, 0.25) is 0 Å². The fraction of sp³-hybridized carbons (Fsp3) is 0.714. The summed E-state index contributed by atoms with van der Waals surface area (Å²) in [6, 6.07) is 0. The first-order valence-electron chi connectivity index (χ1n) is 6.62. The van der Waals surface area contributed by atoms with Gasteiger partial charge in [-0.15, -0.1) is 0 Å². The van der Waals surface area contributed by atoms with Crippen molar-refractivity contribution in [2.45, 2.75) is 48.0 Å². The molecule has 1 heterocycles. The van der Waals surface area contributed by atoms with Gasteiger partial charge in [0.1, 0.15) is 17.5 Å². The molecule has 0 saturated carbocycles. The van der Waals surface area contributed by atoms with Crippen LogP contribution >= 0.6 is 0 Å². The summed E-state index contributed by atoms with van der Waals surface area (Å²) < 4.78 is 0. The van der Waals surface area contributed by atoms with E-state index in [0.29, 0.717) is 11.7 Å². The van der Waals surface area contributed by atoms with E-state index in [0.717, 1.165) is 30.2 Å². The van der Waals surface area contributed by atoms with Crippen LogP contribution < -0.4 is 11.1 Å². The highest BCUT2D eigenvalue weighted by atomic mass is 15.1. The van der Waals surface area contributed by atoms with Gasteiger partial charge in [0.2, 0.25) is 0 Å². The molecule has 102 valence electrons. The number of nitrogens with two attached hydrogens (primary N) is 1. The smallest absolute Gasteiger partial charge is 0.134 e. The third-order valence-electron chi connectivity index (χ3n) is 3.60. The van der Waals surface area contributed by atoms with E-state index in [2.05, 4.69) is 43.0 Å². The fourth-order valence-corrected chi connectivity index (χ4v) is 1.47. The van der Waals surface area contributed by atoms with Crippen molar-refractivity contribution in [3.8, 4) is 0 Å². The Bertz CT molecular complexity index is 407. The molecule has 0 aliphatic heterocycles. The van der Waals surface area contributed by atoms with Crippen molar-refractivity contribution in [1.82, 2.24) is 9.97 Å². The number of nitrogens with zero attached hydrogens (tertiary/aromatic N) is 2. The van der Waals surface area contributed by atoms with Gasteiger partial charge in [0.15, 0.2) is 0 Å². The van der Waals surface area contributed by atoms with E-state index in [1.165, 1.54) is 0 Å². The normalized spacial score (nSPS) is 13.4. The Hall–Kier alpha value is -1.32. The third-order valence-corrected chi connectivity index (χ3v) is 3.60. The number of anilines is 2. The molecule has 0 spiro atoms. The predicted octanol–water partition coefficient (Wildman–Crippen LogP) is 3.02. The van der Waals surface area contributed by atoms with E-state index in [9.17, 15) is 0 Å². The van der Waals surface area contributed by atoms with Crippen molar-refractivity contribution in [3.63, 3.8) is 0 Å². The highest BCUT2D eigenvalue weighted by Gasteiger charge is 2.20. The zero-order valence-corrected chi connectivity index (χ0v) is 12.5. The van der Waals surface area contributed by atoms with E-state index in [1.54, 1.807) is 0 Å². The average molecular weight is 250 g/mol. The zero-order chi connectivity index (χ0) is 13.9. The van der Waals surface area contributed by atoms with E-state index >= 15 is 0 Å². The van der Waals surface area contributed by atoms with Crippen molar-refractivity contribution in [1.29, 1.82) is 0 Å². The van der Waals surface area contributed by atoms with Crippen molar-refractivity contribution in [2.24, 2.45) is 11.3 Å². The predicted molar refractivity (Wildman–Crippen MR) is 77.7 cm³/mol. The van der Waals surface area contributed by atoms with Crippen molar-refractivity contribution >= 4 is 11.6 Å². The van der Waals surface area contributed by atoms with Crippen LogP contribution in [0.4, 0.5) is 11.6 Å². The highest BCUT2D eigenvalue weighted by Crippen LogP contribution is 2.26. The van der Waals surface area contributed by atoms with Crippen LogP contribution in [0.25, 0.3) is 0 Å². The Balaban J connectivity index is 2.82. The van der Waals surface area contributed by atoms with E-state index in [1.807, 2.05) is 13.8 Å². The third kappa shape index (κ3) is 3.59. The lowest BCUT2D eigenvalue weighted by atomic mass is 9.82. The number of nitrogens with one attached hydrogen (secondary N) is 1. The van der Waals surface area contributed by atoms with Gasteiger partial charge in [0.05, 0.1) is 0 Å². The molecule has 0 aromatic carbocycles. The molecule has 0 radical (unpaired) electrons. The van der Waals surface area contributed by atoms with Gasteiger partial charge in [0.25, 0.3) is 0 Å². The number of rotatable bonds is 4. The Kier molecular flexibility index (Phi) is 4.54. The molecule has 3 N–H and O–H groups in total.